The number of rotatable bonds is 4. The Labute approximate surface area is 121 Å². The first-order valence-corrected chi connectivity index (χ1v) is 8.11. The average molecular weight is 281 g/mol. The van der Waals surface area contributed by atoms with Gasteiger partial charge in [-0.15, -0.1) is 0 Å². The van der Waals surface area contributed by atoms with Crippen LogP contribution in [0.15, 0.2) is 0 Å². The van der Waals surface area contributed by atoms with Crippen molar-refractivity contribution >= 4 is 11.9 Å². The van der Waals surface area contributed by atoms with E-state index in [0.717, 1.165) is 6.42 Å². The minimum Gasteiger partial charge on any atom is -0.481 e. The second-order valence-electron chi connectivity index (χ2n) is 6.59. The van der Waals surface area contributed by atoms with Crippen LogP contribution in [-0.4, -0.2) is 23.0 Å². The molecule has 0 radical (unpaired) electrons. The fourth-order valence-electron chi connectivity index (χ4n) is 3.71. The first kappa shape index (κ1) is 15.3. The fraction of sp³-hybridized carbons (Fsp3) is 0.875. The highest BCUT2D eigenvalue weighted by Crippen LogP contribution is 2.32. The van der Waals surface area contributed by atoms with Crippen molar-refractivity contribution < 1.29 is 14.7 Å². The Morgan fingerprint density at radius 2 is 1.60 bits per heavy atom. The van der Waals surface area contributed by atoms with E-state index in [4.69, 9.17) is 5.11 Å². The monoisotopic (exact) mass is 281 g/mol. The van der Waals surface area contributed by atoms with Gasteiger partial charge in [-0.2, -0.15) is 0 Å². The highest BCUT2D eigenvalue weighted by molar-refractivity contribution is 5.81. The smallest absolute Gasteiger partial charge is 0.306 e. The van der Waals surface area contributed by atoms with E-state index in [-0.39, 0.29) is 23.8 Å². The van der Waals surface area contributed by atoms with Crippen LogP contribution in [0, 0.1) is 17.8 Å². The Balaban J connectivity index is 1.80. The summed E-state index contributed by atoms with van der Waals surface area (Å²) in [6.07, 6.45) is 9.49. The van der Waals surface area contributed by atoms with Gasteiger partial charge in [0.2, 0.25) is 5.91 Å². The molecular weight excluding hydrogens is 254 g/mol. The minimum absolute atomic E-state index is 0.0745. The Hall–Kier alpha value is -1.06. The molecular formula is C16H27NO3. The lowest BCUT2D eigenvalue weighted by atomic mass is 9.92. The summed E-state index contributed by atoms with van der Waals surface area (Å²) in [5.41, 5.74) is 0. The number of hydrogen-bond acceptors (Lipinski definition) is 2. The summed E-state index contributed by atoms with van der Waals surface area (Å²) in [5.74, 6) is -0.496. The van der Waals surface area contributed by atoms with Crippen LogP contribution in [0.4, 0.5) is 0 Å². The topological polar surface area (TPSA) is 66.4 Å². The van der Waals surface area contributed by atoms with Crippen molar-refractivity contribution in [1.29, 1.82) is 0 Å². The third-order valence-corrected chi connectivity index (χ3v) is 5.13. The first-order valence-electron chi connectivity index (χ1n) is 8.11. The molecule has 0 heterocycles. The molecule has 0 aromatic heterocycles. The van der Waals surface area contributed by atoms with E-state index in [1.54, 1.807) is 0 Å². The Kier molecular flexibility index (Phi) is 5.44. The van der Waals surface area contributed by atoms with Crippen molar-refractivity contribution in [2.24, 2.45) is 17.8 Å². The van der Waals surface area contributed by atoms with Crippen molar-refractivity contribution in [1.82, 2.24) is 5.32 Å². The van der Waals surface area contributed by atoms with Gasteiger partial charge in [0.1, 0.15) is 0 Å². The molecule has 2 rings (SSSR count). The van der Waals surface area contributed by atoms with Gasteiger partial charge in [-0.3, -0.25) is 9.59 Å². The summed E-state index contributed by atoms with van der Waals surface area (Å²) in [6.45, 7) is 2.11. The normalized spacial score (nSPS) is 29.6. The molecule has 4 nitrogen and oxygen atoms in total. The van der Waals surface area contributed by atoms with Crippen LogP contribution < -0.4 is 5.32 Å². The zero-order valence-electron chi connectivity index (χ0n) is 12.4. The number of carboxylic acid groups (broad SMARTS) is 1. The molecule has 0 unspecified atom stereocenters. The highest BCUT2D eigenvalue weighted by Gasteiger charge is 2.34. The molecule has 20 heavy (non-hydrogen) atoms. The summed E-state index contributed by atoms with van der Waals surface area (Å²) in [5, 5.41) is 12.1. The zero-order valence-corrected chi connectivity index (χ0v) is 12.4. The van der Waals surface area contributed by atoms with E-state index in [1.807, 2.05) is 0 Å². The molecule has 114 valence electrons. The quantitative estimate of drug-likeness (QED) is 0.779. The van der Waals surface area contributed by atoms with Crippen LogP contribution >= 0.6 is 0 Å². The van der Waals surface area contributed by atoms with Gasteiger partial charge in [0.05, 0.1) is 5.92 Å². The van der Waals surface area contributed by atoms with Crippen LogP contribution in [0.25, 0.3) is 0 Å². The van der Waals surface area contributed by atoms with Crippen molar-refractivity contribution in [2.45, 2.75) is 70.8 Å². The Morgan fingerprint density at radius 1 is 1.00 bits per heavy atom. The lowest BCUT2D eigenvalue weighted by Gasteiger charge is -2.25. The number of nitrogens with one attached hydrogen (secondary N) is 1. The maximum absolute atomic E-state index is 12.2. The van der Waals surface area contributed by atoms with Gasteiger partial charge in [0.15, 0.2) is 0 Å². The van der Waals surface area contributed by atoms with Crippen LogP contribution in [0.3, 0.4) is 0 Å². The predicted octanol–water partition coefficient (Wildman–Crippen LogP) is 2.96. The van der Waals surface area contributed by atoms with E-state index in [0.29, 0.717) is 18.8 Å². The summed E-state index contributed by atoms with van der Waals surface area (Å²) < 4.78 is 0. The Morgan fingerprint density at radius 3 is 2.15 bits per heavy atom. The van der Waals surface area contributed by atoms with Gasteiger partial charge < -0.3 is 10.4 Å². The first-order chi connectivity index (χ1) is 9.58. The van der Waals surface area contributed by atoms with Gasteiger partial charge in [-0.25, -0.2) is 0 Å². The number of amides is 1. The van der Waals surface area contributed by atoms with E-state index < -0.39 is 5.97 Å². The van der Waals surface area contributed by atoms with E-state index in [2.05, 4.69) is 12.2 Å². The third-order valence-electron chi connectivity index (χ3n) is 5.13. The van der Waals surface area contributed by atoms with Gasteiger partial charge in [0, 0.05) is 12.0 Å². The largest absolute Gasteiger partial charge is 0.481 e. The molecule has 1 amide bonds. The van der Waals surface area contributed by atoms with Crippen molar-refractivity contribution in [3.63, 3.8) is 0 Å². The lowest BCUT2D eigenvalue weighted by Crippen LogP contribution is -2.41. The summed E-state index contributed by atoms with van der Waals surface area (Å²) >= 11 is 0. The molecule has 0 bridgehead atoms. The van der Waals surface area contributed by atoms with E-state index >= 15 is 0 Å². The maximum Gasteiger partial charge on any atom is 0.306 e. The van der Waals surface area contributed by atoms with Crippen molar-refractivity contribution in [3.8, 4) is 0 Å². The van der Waals surface area contributed by atoms with Crippen LogP contribution in [-0.2, 0) is 9.59 Å². The number of carbonyl (C=O) groups excluding carboxylic acids is 1. The third kappa shape index (κ3) is 3.97. The van der Waals surface area contributed by atoms with Crippen molar-refractivity contribution in [3.05, 3.63) is 0 Å². The van der Waals surface area contributed by atoms with E-state index in [1.165, 1.54) is 38.5 Å². The second kappa shape index (κ2) is 7.09. The highest BCUT2D eigenvalue weighted by atomic mass is 16.4. The predicted molar refractivity (Wildman–Crippen MR) is 77.3 cm³/mol. The summed E-state index contributed by atoms with van der Waals surface area (Å²) in [4.78, 5) is 23.2. The van der Waals surface area contributed by atoms with Gasteiger partial charge in [-0.1, -0.05) is 25.7 Å². The lowest BCUT2D eigenvalue weighted by molar-refractivity contribution is -0.141. The van der Waals surface area contributed by atoms with Gasteiger partial charge >= 0.3 is 5.97 Å². The van der Waals surface area contributed by atoms with Crippen LogP contribution in [0.5, 0.6) is 0 Å². The van der Waals surface area contributed by atoms with Crippen LogP contribution in [0.1, 0.15) is 64.7 Å². The average Bonchev–Trinajstić information content (AvgIpc) is 2.75. The molecule has 2 aliphatic carbocycles. The van der Waals surface area contributed by atoms with Crippen LogP contribution in [0.2, 0.25) is 0 Å². The number of carbonyl (C=O) groups is 2. The molecule has 0 spiro atoms. The standard InChI is InChI=1S/C16H27NO3/c1-11(12-6-4-2-3-5-7-12)17-15(18)13-8-9-14(10-13)16(19)20/h11-14H,2-10H2,1H3,(H,17,18)(H,19,20)/t11-,13-,14+/m1/s1. The van der Waals surface area contributed by atoms with E-state index in [9.17, 15) is 9.59 Å². The maximum atomic E-state index is 12.2. The molecule has 0 aromatic rings. The second-order valence-corrected chi connectivity index (χ2v) is 6.59. The summed E-state index contributed by atoms with van der Waals surface area (Å²) in [6, 6.07) is 0.226. The number of aliphatic carboxylic acids is 1. The van der Waals surface area contributed by atoms with Gasteiger partial charge in [0.25, 0.3) is 0 Å². The molecule has 0 saturated heterocycles. The molecule has 2 saturated carbocycles. The minimum atomic E-state index is -0.753. The Bertz CT molecular complexity index is 348. The molecule has 3 atom stereocenters. The zero-order chi connectivity index (χ0) is 14.5. The fourth-order valence-corrected chi connectivity index (χ4v) is 3.71. The van der Waals surface area contributed by atoms with Gasteiger partial charge in [-0.05, 0) is 44.9 Å². The molecule has 2 fully saturated rings. The number of carboxylic acids is 1. The number of hydrogen-bond donors (Lipinski definition) is 2. The summed E-state index contributed by atoms with van der Waals surface area (Å²) in [7, 11) is 0. The molecule has 0 aromatic carbocycles. The molecule has 4 heteroatoms. The molecule has 2 N–H and O–H groups in total. The molecule has 0 aliphatic heterocycles. The SMILES string of the molecule is C[C@@H](NC(=O)[C@@H]1CC[C@H](C(=O)O)C1)C1CCCCCC1. The molecule has 2 aliphatic rings. The van der Waals surface area contributed by atoms with Crippen molar-refractivity contribution in [2.75, 3.05) is 0 Å².